The summed E-state index contributed by atoms with van der Waals surface area (Å²) in [6, 6.07) is 14.9. The van der Waals surface area contributed by atoms with Crippen LogP contribution in [0.1, 0.15) is 18.9 Å². The zero-order valence-electron chi connectivity index (χ0n) is 13.1. The summed E-state index contributed by atoms with van der Waals surface area (Å²) in [5.74, 6) is 0.841. The van der Waals surface area contributed by atoms with Crippen LogP contribution in [0.3, 0.4) is 0 Å². The monoisotopic (exact) mass is 311 g/mol. The summed E-state index contributed by atoms with van der Waals surface area (Å²) in [5, 5.41) is 0. The molecule has 2 aromatic rings. The highest BCUT2D eigenvalue weighted by Crippen LogP contribution is 2.36. The van der Waals surface area contributed by atoms with Crippen molar-refractivity contribution in [1.29, 1.82) is 0 Å². The van der Waals surface area contributed by atoms with Gasteiger partial charge in [0.1, 0.15) is 5.75 Å². The average molecular weight is 311 g/mol. The molecular weight excluding hydrogens is 292 g/mol. The Morgan fingerprint density at radius 3 is 2.77 bits per heavy atom. The molecule has 0 heterocycles. The van der Waals surface area contributed by atoms with Crippen molar-refractivity contribution >= 4 is 23.1 Å². The number of allylic oxidation sites excluding steroid dienone is 1. The minimum atomic E-state index is 0.0547. The number of hydrogen-bond donors (Lipinski definition) is 0. The Hall–Kier alpha value is -2.00. The summed E-state index contributed by atoms with van der Waals surface area (Å²) in [4.78, 5) is 13.1. The molecule has 0 saturated heterocycles. The Labute approximate surface area is 136 Å². The van der Waals surface area contributed by atoms with Crippen LogP contribution in [0.4, 0.5) is 0 Å². The normalized spacial score (nSPS) is 10.3. The number of thioether (sulfide) groups is 1. The summed E-state index contributed by atoms with van der Waals surface area (Å²) >= 11 is 1.57. The lowest BCUT2D eigenvalue weighted by Crippen LogP contribution is -2.02. The SMILES string of the molecule is C=C(C(=O)CC)c1c(SC)[c]ccc1-c1cccc(OC)c1. The molecule has 0 atom stereocenters. The van der Waals surface area contributed by atoms with E-state index in [0.717, 1.165) is 27.3 Å². The molecule has 0 amide bonds. The van der Waals surface area contributed by atoms with E-state index in [1.807, 2.05) is 49.6 Å². The van der Waals surface area contributed by atoms with Crippen LogP contribution in [0.2, 0.25) is 0 Å². The third-order valence-corrected chi connectivity index (χ3v) is 4.24. The van der Waals surface area contributed by atoms with E-state index < -0.39 is 0 Å². The van der Waals surface area contributed by atoms with E-state index in [0.29, 0.717) is 12.0 Å². The Bertz CT molecular complexity index is 704. The van der Waals surface area contributed by atoms with Gasteiger partial charge >= 0.3 is 0 Å². The summed E-state index contributed by atoms with van der Waals surface area (Å²) < 4.78 is 5.30. The largest absolute Gasteiger partial charge is 0.497 e. The molecule has 0 fully saturated rings. The standard InChI is InChI=1S/C19H19O2S/c1-5-17(20)13(2)19-16(10-7-11-18(19)22-4)14-8-6-9-15(12-14)21-3/h6-10,12H,2,5H2,1,3-4H3. The second-order valence-corrected chi connectivity index (χ2v) is 5.60. The Kier molecular flexibility index (Phi) is 5.45. The maximum Gasteiger partial charge on any atom is 0.162 e. The second-order valence-electron chi connectivity index (χ2n) is 4.79. The molecule has 2 aromatic carbocycles. The van der Waals surface area contributed by atoms with Crippen molar-refractivity contribution in [2.24, 2.45) is 0 Å². The van der Waals surface area contributed by atoms with Crippen LogP contribution in [0.25, 0.3) is 16.7 Å². The molecule has 1 radical (unpaired) electrons. The molecule has 2 rings (SSSR count). The van der Waals surface area contributed by atoms with Crippen LogP contribution >= 0.6 is 11.8 Å². The smallest absolute Gasteiger partial charge is 0.162 e. The van der Waals surface area contributed by atoms with Gasteiger partial charge in [-0.25, -0.2) is 0 Å². The van der Waals surface area contributed by atoms with Crippen molar-refractivity contribution in [3.8, 4) is 16.9 Å². The van der Waals surface area contributed by atoms with Gasteiger partial charge in [-0.15, -0.1) is 11.8 Å². The zero-order chi connectivity index (χ0) is 16.1. The lowest BCUT2D eigenvalue weighted by molar-refractivity contribution is -0.113. The number of carbonyl (C=O) groups is 1. The van der Waals surface area contributed by atoms with Crippen molar-refractivity contribution < 1.29 is 9.53 Å². The van der Waals surface area contributed by atoms with Crippen molar-refractivity contribution in [1.82, 2.24) is 0 Å². The molecule has 0 bridgehead atoms. The van der Waals surface area contributed by atoms with Crippen LogP contribution in [0.15, 0.2) is 47.9 Å². The van der Waals surface area contributed by atoms with Crippen LogP contribution in [0, 0.1) is 6.07 Å². The summed E-state index contributed by atoms with van der Waals surface area (Å²) in [6.07, 6.45) is 2.42. The quantitative estimate of drug-likeness (QED) is 0.562. The summed E-state index contributed by atoms with van der Waals surface area (Å²) in [6.45, 7) is 5.87. The molecule has 113 valence electrons. The van der Waals surface area contributed by atoms with Gasteiger partial charge in [-0.3, -0.25) is 4.79 Å². The van der Waals surface area contributed by atoms with Crippen LogP contribution < -0.4 is 4.74 Å². The molecule has 3 heteroatoms. The van der Waals surface area contributed by atoms with Gasteiger partial charge in [0.2, 0.25) is 0 Å². The van der Waals surface area contributed by atoms with Gasteiger partial charge in [0.05, 0.1) is 7.11 Å². The third kappa shape index (κ3) is 3.25. The number of rotatable bonds is 6. The molecule has 0 unspecified atom stereocenters. The first kappa shape index (κ1) is 16.4. The number of ketones is 1. The number of carbonyl (C=O) groups excluding carboxylic acids is 1. The lowest BCUT2D eigenvalue weighted by Gasteiger charge is -2.15. The van der Waals surface area contributed by atoms with E-state index in [2.05, 4.69) is 12.6 Å². The summed E-state index contributed by atoms with van der Waals surface area (Å²) in [5.41, 5.74) is 3.40. The average Bonchev–Trinajstić information content (AvgIpc) is 2.59. The molecule has 0 aliphatic carbocycles. The first-order valence-corrected chi connectivity index (χ1v) is 8.30. The molecule has 0 spiro atoms. The molecule has 2 nitrogen and oxygen atoms in total. The Balaban J connectivity index is 2.65. The Morgan fingerprint density at radius 2 is 2.14 bits per heavy atom. The lowest BCUT2D eigenvalue weighted by atomic mass is 9.92. The summed E-state index contributed by atoms with van der Waals surface area (Å²) in [7, 11) is 1.64. The van der Waals surface area contributed by atoms with Gasteiger partial charge in [-0.1, -0.05) is 37.8 Å². The number of benzene rings is 2. The van der Waals surface area contributed by atoms with Gasteiger partial charge in [0.15, 0.2) is 5.78 Å². The first-order chi connectivity index (χ1) is 10.6. The van der Waals surface area contributed by atoms with Crippen LogP contribution in [0.5, 0.6) is 5.75 Å². The minimum absolute atomic E-state index is 0.0547. The second kappa shape index (κ2) is 7.32. The number of ether oxygens (including phenoxy) is 1. The molecular formula is C19H19O2S. The fourth-order valence-electron chi connectivity index (χ4n) is 2.32. The highest BCUT2D eigenvalue weighted by molar-refractivity contribution is 7.98. The molecule has 0 aromatic heterocycles. The molecule has 0 saturated carbocycles. The highest BCUT2D eigenvalue weighted by Gasteiger charge is 2.17. The third-order valence-electron chi connectivity index (χ3n) is 3.51. The molecule has 0 aliphatic heterocycles. The number of methoxy groups -OCH3 is 1. The fraction of sp³-hybridized carbons (Fsp3) is 0.211. The van der Waals surface area contributed by atoms with Gasteiger partial charge in [-0.2, -0.15) is 0 Å². The van der Waals surface area contributed by atoms with E-state index >= 15 is 0 Å². The Morgan fingerprint density at radius 1 is 1.36 bits per heavy atom. The fourth-order valence-corrected chi connectivity index (χ4v) is 2.95. The van der Waals surface area contributed by atoms with Gasteiger partial charge in [0, 0.05) is 22.5 Å². The molecule has 22 heavy (non-hydrogen) atoms. The van der Waals surface area contributed by atoms with E-state index in [9.17, 15) is 4.79 Å². The predicted octanol–water partition coefficient (Wildman–Crippen LogP) is 4.88. The molecule has 0 aliphatic rings. The van der Waals surface area contributed by atoms with Gasteiger partial charge < -0.3 is 4.74 Å². The first-order valence-electron chi connectivity index (χ1n) is 7.08. The van der Waals surface area contributed by atoms with Gasteiger partial charge in [0.25, 0.3) is 0 Å². The van der Waals surface area contributed by atoms with E-state index in [1.54, 1.807) is 18.9 Å². The van der Waals surface area contributed by atoms with Gasteiger partial charge in [-0.05, 0) is 35.6 Å². The predicted molar refractivity (Wildman–Crippen MR) is 93.4 cm³/mol. The maximum atomic E-state index is 12.1. The number of Topliss-reactive ketones (excluding diaryl/α,β-unsaturated/α-hetero) is 1. The van der Waals surface area contributed by atoms with E-state index in [4.69, 9.17) is 4.74 Å². The number of hydrogen-bond acceptors (Lipinski definition) is 3. The highest BCUT2D eigenvalue weighted by atomic mass is 32.2. The van der Waals surface area contributed by atoms with Crippen molar-refractivity contribution in [3.63, 3.8) is 0 Å². The van der Waals surface area contributed by atoms with Crippen molar-refractivity contribution in [3.05, 3.63) is 54.6 Å². The van der Waals surface area contributed by atoms with Crippen LogP contribution in [-0.4, -0.2) is 19.1 Å². The van der Waals surface area contributed by atoms with Crippen molar-refractivity contribution in [2.45, 2.75) is 18.2 Å². The zero-order valence-corrected chi connectivity index (χ0v) is 13.9. The van der Waals surface area contributed by atoms with E-state index in [-0.39, 0.29) is 5.78 Å². The maximum absolute atomic E-state index is 12.1. The molecule has 0 N–H and O–H groups in total. The van der Waals surface area contributed by atoms with Crippen LogP contribution in [-0.2, 0) is 4.79 Å². The topological polar surface area (TPSA) is 26.3 Å². The van der Waals surface area contributed by atoms with Crippen molar-refractivity contribution in [2.75, 3.05) is 13.4 Å². The minimum Gasteiger partial charge on any atom is -0.497 e. The van der Waals surface area contributed by atoms with E-state index in [1.165, 1.54) is 0 Å².